The normalized spacial score (nSPS) is 11.0. The van der Waals surface area contributed by atoms with Gasteiger partial charge in [0.1, 0.15) is 5.75 Å². The molecule has 3 aromatic rings. The number of benzene rings is 1. The Morgan fingerprint density at radius 1 is 1.11 bits per heavy atom. The Hall–Kier alpha value is -2.47. The van der Waals surface area contributed by atoms with Crippen LogP contribution in [0.1, 0.15) is 0 Å². The predicted octanol–water partition coefficient (Wildman–Crippen LogP) is 1.19. The van der Waals surface area contributed by atoms with Crippen molar-refractivity contribution in [2.24, 2.45) is 0 Å². The molecular weight excluding hydrogens is 244 g/mol. The molecule has 19 heavy (non-hydrogen) atoms. The van der Waals surface area contributed by atoms with Crippen molar-refractivity contribution < 1.29 is 10.2 Å². The molecule has 96 valence electrons. The molecule has 0 saturated heterocycles. The van der Waals surface area contributed by atoms with Crippen molar-refractivity contribution >= 4 is 11.3 Å². The molecule has 1 aromatic carbocycles. The first-order valence-corrected chi connectivity index (χ1v) is 5.86. The summed E-state index contributed by atoms with van der Waals surface area (Å²) in [5.41, 5.74) is 2.76. The van der Waals surface area contributed by atoms with Crippen LogP contribution in [0.2, 0.25) is 0 Å². The smallest absolute Gasteiger partial charge is 0.197 e. The molecule has 0 aliphatic rings. The maximum atomic E-state index is 9.28. The van der Waals surface area contributed by atoms with E-state index in [0.717, 1.165) is 5.56 Å². The number of aromatic hydroxyl groups is 1. The number of aliphatic hydroxyl groups is 1. The highest BCUT2D eigenvalue weighted by molar-refractivity contribution is 5.70. The Balaban J connectivity index is 2.09. The molecule has 0 atom stereocenters. The van der Waals surface area contributed by atoms with E-state index in [2.05, 4.69) is 15.0 Å². The van der Waals surface area contributed by atoms with Crippen molar-refractivity contribution in [2.45, 2.75) is 6.54 Å². The number of nitrogens with zero attached hydrogens (tertiary/aromatic N) is 4. The van der Waals surface area contributed by atoms with Crippen LogP contribution in [-0.4, -0.2) is 36.3 Å². The molecule has 0 aliphatic heterocycles. The van der Waals surface area contributed by atoms with Gasteiger partial charge in [-0.2, -0.15) is 0 Å². The van der Waals surface area contributed by atoms with Crippen molar-refractivity contribution in [3.05, 3.63) is 36.8 Å². The maximum Gasteiger partial charge on any atom is 0.197 e. The topological polar surface area (TPSA) is 84.1 Å². The fourth-order valence-electron chi connectivity index (χ4n) is 1.88. The van der Waals surface area contributed by atoms with Gasteiger partial charge in [0.15, 0.2) is 11.3 Å². The summed E-state index contributed by atoms with van der Waals surface area (Å²) in [5, 5.41) is 18.3. The highest BCUT2D eigenvalue weighted by Gasteiger charge is 2.08. The monoisotopic (exact) mass is 256 g/mol. The lowest BCUT2D eigenvalue weighted by atomic mass is 10.1. The van der Waals surface area contributed by atoms with E-state index in [0.29, 0.717) is 23.5 Å². The van der Waals surface area contributed by atoms with Gasteiger partial charge in [-0.3, -0.25) is 0 Å². The minimum Gasteiger partial charge on any atom is -0.508 e. The summed E-state index contributed by atoms with van der Waals surface area (Å²) in [6.45, 7) is 0.459. The summed E-state index contributed by atoms with van der Waals surface area (Å²) in [5.74, 6) is 0.211. The average Bonchev–Trinajstić information content (AvgIpc) is 2.83. The molecule has 6 heteroatoms. The largest absolute Gasteiger partial charge is 0.508 e. The van der Waals surface area contributed by atoms with Gasteiger partial charge in [-0.05, 0) is 24.3 Å². The lowest BCUT2D eigenvalue weighted by Crippen LogP contribution is -2.02. The van der Waals surface area contributed by atoms with Crippen LogP contribution >= 0.6 is 0 Å². The zero-order valence-electron chi connectivity index (χ0n) is 10.1. The maximum absolute atomic E-state index is 9.28. The first-order chi connectivity index (χ1) is 9.28. The lowest BCUT2D eigenvalue weighted by Gasteiger charge is -2.03. The molecule has 0 unspecified atom stereocenters. The Morgan fingerprint density at radius 2 is 1.89 bits per heavy atom. The molecule has 3 rings (SSSR count). The zero-order valence-corrected chi connectivity index (χ0v) is 10.1. The standard InChI is InChI=1S/C13H12N4O2/c18-6-5-17-8-15-12-13(17)16-11(7-14-12)9-1-3-10(19)4-2-9/h1-4,7-8,18-19H,5-6H2. The van der Waals surface area contributed by atoms with Crippen molar-refractivity contribution in [1.29, 1.82) is 0 Å². The first-order valence-electron chi connectivity index (χ1n) is 5.86. The van der Waals surface area contributed by atoms with Gasteiger partial charge in [-0.1, -0.05) is 0 Å². The Bertz CT molecular complexity index is 706. The van der Waals surface area contributed by atoms with Crippen LogP contribution in [0.15, 0.2) is 36.8 Å². The van der Waals surface area contributed by atoms with Crippen LogP contribution < -0.4 is 0 Å². The van der Waals surface area contributed by atoms with E-state index in [1.54, 1.807) is 41.4 Å². The SMILES string of the molecule is OCCn1cnc2ncc(-c3ccc(O)cc3)nc21. The van der Waals surface area contributed by atoms with Gasteiger partial charge >= 0.3 is 0 Å². The van der Waals surface area contributed by atoms with Gasteiger partial charge in [0.05, 0.1) is 24.8 Å². The molecular formula is C13H12N4O2. The van der Waals surface area contributed by atoms with Gasteiger partial charge in [0.25, 0.3) is 0 Å². The number of phenols is 1. The zero-order chi connectivity index (χ0) is 13.2. The minimum absolute atomic E-state index is 0.0244. The lowest BCUT2D eigenvalue weighted by molar-refractivity contribution is 0.277. The summed E-state index contributed by atoms with van der Waals surface area (Å²) in [4.78, 5) is 12.9. The summed E-state index contributed by atoms with van der Waals surface area (Å²) in [6, 6.07) is 6.76. The number of phenolic OH excluding ortho intramolecular Hbond substituents is 1. The third-order valence-corrected chi connectivity index (χ3v) is 2.83. The number of aliphatic hydroxyl groups excluding tert-OH is 1. The van der Waals surface area contributed by atoms with E-state index in [1.165, 1.54) is 0 Å². The van der Waals surface area contributed by atoms with Gasteiger partial charge < -0.3 is 14.8 Å². The molecule has 2 heterocycles. The Labute approximate surface area is 109 Å². The van der Waals surface area contributed by atoms with Crippen molar-refractivity contribution in [3.63, 3.8) is 0 Å². The molecule has 6 nitrogen and oxygen atoms in total. The number of hydrogen-bond donors (Lipinski definition) is 2. The van der Waals surface area contributed by atoms with Gasteiger partial charge in [-0.25, -0.2) is 15.0 Å². The highest BCUT2D eigenvalue weighted by atomic mass is 16.3. The Morgan fingerprint density at radius 3 is 2.63 bits per heavy atom. The van der Waals surface area contributed by atoms with E-state index in [1.807, 2.05) is 0 Å². The first kappa shape index (κ1) is 11.6. The fraction of sp³-hybridized carbons (Fsp3) is 0.154. The van der Waals surface area contributed by atoms with E-state index in [9.17, 15) is 5.11 Å². The number of hydrogen-bond acceptors (Lipinski definition) is 5. The molecule has 2 aromatic heterocycles. The molecule has 0 aliphatic carbocycles. The van der Waals surface area contributed by atoms with Crippen LogP contribution in [0.5, 0.6) is 5.75 Å². The van der Waals surface area contributed by atoms with Crippen molar-refractivity contribution in [3.8, 4) is 17.0 Å². The second-order valence-corrected chi connectivity index (χ2v) is 4.11. The quantitative estimate of drug-likeness (QED) is 0.735. The van der Waals surface area contributed by atoms with E-state index in [-0.39, 0.29) is 12.4 Å². The van der Waals surface area contributed by atoms with Gasteiger partial charge in [-0.15, -0.1) is 0 Å². The summed E-state index contributed by atoms with van der Waals surface area (Å²) < 4.78 is 1.76. The highest BCUT2D eigenvalue weighted by Crippen LogP contribution is 2.21. The number of aromatic nitrogens is 4. The molecule has 0 radical (unpaired) electrons. The number of rotatable bonds is 3. The Kier molecular flexibility index (Phi) is 2.85. The summed E-state index contributed by atoms with van der Waals surface area (Å²) >= 11 is 0. The molecule has 0 spiro atoms. The molecule has 0 fully saturated rings. The van der Waals surface area contributed by atoms with Crippen molar-refractivity contribution in [2.75, 3.05) is 6.61 Å². The van der Waals surface area contributed by atoms with Crippen molar-refractivity contribution in [1.82, 2.24) is 19.5 Å². The second-order valence-electron chi connectivity index (χ2n) is 4.11. The fourth-order valence-corrected chi connectivity index (χ4v) is 1.88. The third kappa shape index (κ3) is 2.13. The molecule has 0 saturated carbocycles. The predicted molar refractivity (Wildman–Crippen MR) is 69.5 cm³/mol. The van der Waals surface area contributed by atoms with Gasteiger partial charge in [0.2, 0.25) is 0 Å². The third-order valence-electron chi connectivity index (χ3n) is 2.83. The van der Waals surface area contributed by atoms with Crippen LogP contribution in [-0.2, 0) is 6.54 Å². The minimum atomic E-state index is 0.0244. The number of fused-ring (bicyclic) bond motifs is 1. The molecule has 0 bridgehead atoms. The van der Waals surface area contributed by atoms with E-state index >= 15 is 0 Å². The summed E-state index contributed by atoms with van der Waals surface area (Å²) in [6.07, 6.45) is 3.26. The van der Waals surface area contributed by atoms with Crippen LogP contribution in [0.4, 0.5) is 0 Å². The van der Waals surface area contributed by atoms with Crippen LogP contribution in [0, 0.1) is 0 Å². The van der Waals surface area contributed by atoms with Crippen LogP contribution in [0.3, 0.4) is 0 Å². The molecule has 0 amide bonds. The molecule has 2 N–H and O–H groups in total. The average molecular weight is 256 g/mol. The van der Waals surface area contributed by atoms with Gasteiger partial charge in [0, 0.05) is 12.1 Å². The second kappa shape index (κ2) is 4.66. The summed E-state index contributed by atoms with van der Waals surface area (Å²) in [7, 11) is 0. The number of imidazole rings is 1. The van der Waals surface area contributed by atoms with E-state index in [4.69, 9.17) is 5.11 Å². The van der Waals surface area contributed by atoms with Crippen LogP contribution in [0.25, 0.3) is 22.6 Å². The van der Waals surface area contributed by atoms with E-state index < -0.39 is 0 Å².